The lowest BCUT2D eigenvalue weighted by atomic mass is 10.1. The molecule has 0 fully saturated rings. The molecule has 0 aromatic heterocycles. The van der Waals surface area contributed by atoms with Crippen molar-refractivity contribution in [2.45, 2.75) is 13.3 Å². The highest BCUT2D eigenvalue weighted by Crippen LogP contribution is 2.19. The summed E-state index contributed by atoms with van der Waals surface area (Å²) in [4.78, 5) is 14.5. The third kappa shape index (κ3) is 3.18. The van der Waals surface area contributed by atoms with Gasteiger partial charge in [-0.15, -0.1) is 0 Å². The number of benzene rings is 2. The first kappa shape index (κ1) is 14.1. The molecule has 3 heteroatoms. The predicted molar refractivity (Wildman–Crippen MR) is 81.4 cm³/mol. The number of hydrogen-bond acceptors (Lipinski definition) is 2. The second-order valence-corrected chi connectivity index (χ2v) is 4.52. The van der Waals surface area contributed by atoms with Crippen LogP contribution in [0.1, 0.15) is 23.7 Å². The summed E-state index contributed by atoms with van der Waals surface area (Å²) >= 11 is 0. The number of amides is 1. The number of anilines is 1. The fourth-order valence-electron chi connectivity index (χ4n) is 2.09. The molecule has 1 amide bonds. The molecule has 0 aliphatic carbocycles. The van der Waals surface area contributed by atoms with E-state index in [0.29, 0.717) is 17.9 Å². The van der Waals surface area contributed by atoms with Gasteiger partial charge in [-0.1, -0.05) is 31.2 Å². The summed E-state index contributed by atoms with van der Waals surface area (Å²) in [6, 6.07) is 17.0. The van der Waals surface area contributed by atoms with Gasteiger partial charge in [0.05, 0.1) is 7.11 Å². The summed E-state index contributed by atoms with van der Waals surface area (Å²) in [7, 11) is 1.60. The average molecular weight is 269 g/mol. The van der Waals surface area contributed by atoms with E-state index >= 15 is 0 Å². The Hall–Kier alpha value is -2.29. The van der Waals surface area contributed by atoms with Crippen LogP contribution in [0.15, 0.2) is 54.6 Å². The van der Waals surface area contributed by atoms with Gasteiger partial charge in [-0.3, -0.25) is 4.79 Å². The summed E-state index contributed by atoms with van der Waals surface area (Å²) in [5, 5.41) is 0. The third-order valence-electron chi connectivity index (χ3n) is 3.08. The van der Waals surface area contributed by atoms with Crippen molar-refractivity contribution >= 4 is 11.6 Å². The van der Waals surface area contributed by atoms with Crippen molar-refractivity contribution in [2.24, 2.45) is 0 Å². The smallest absolute Gasteiger partial charge is 0.258 e. The standard InChI is InChI=1S/C17H19NO2/c1-3-12-18(15-9-5-4-6-10-15)17(19)14-8-7-11-16(13-14)20-2/h4-11,13H,3,12H2,1-2H3. The SMILES string of the molecule is CCCN(C(=O)c1cccc(OC)c1)c1ccccc1. The van der Waals surface area contributed by atoms with E-state index in [2.05, 4.69) is 6.92 Å². The quantitative estimate of drug-likeness (QED) is 0.827. The predicted octanol–water partition coefficient (Wildman–Crippen LogP) is 3.75. The molecule has 0 saturated heterocycles. The van der Waals surface area contributed by atoms with Gasteiger partial charge in [0.15, 0.2) is 0 Å². The van der Waals surface area contributed by atoms with Crippen LogP contribution in [0.2, 0.25) is 0 Å². The van der Waals surface area contributed by atoms with Gasteiger partial charge in [-0.05, 0) is 36.8 Å². The normalized spacial score (nSPS) is 10.1. The molecule has 0 atom stereocenters. The van der Waals surface area contributed by atoms with Crippen LogP contribution in [0.3, 0.4) is 0 Å². The van der Waals surface area contributed by atoms with Gasteiger partial charge in [0.25, 0.3) is 5.91 Å². The molecule has 0 heterocycles. The molecule has 0 aliphatic rings. The Morgan fingerprint density at radius 1 is 1.10 bits per heavy atom. The highest BCUT2D eigenvalue weighted by molar-refractivity contribution is 6.06. The maximum absolute atomic E-state index is 12.7. The zero-order valence-corrected chi connectivity index (χ0v) is 11.9. The van der Waals surface area contributed by atoms with E-state index in [4.69, 9.17) is 4.74 Å². The minimum Gasteiger partial charge on any atom is -0.497 e. The minimum absolute atomic E-state index is 0.00282. The summed E-state index contributed by atoms with van der Waals surface area (Å²) in [6.45, 7) is 2.76. The molecule has 0 bridgehead atoms. The number of carbonyl (C=O) groups excluding carboxylic acids is 1. The van der Waals surface area contributed by atoms with E-state index in [1.807, 2.05) is 48.5 Å². The van der Waals surface area contributed by atoms with Crippen molar-refractivity contribution in [3.05, 3.63) is 60.2 Å². The first-order valence-electron chi connectivity index (χ1n) is 6.77. The molecular formula is C17H19NO2. The van der Waals surface area contributed by atoms with E-state index in [1.165, 1.54) is 0 Å². The molecule has 3 nitrogen and oxygen atoms in total. The van der Waals surface area contributed by atoms with Gasteiger partial charge in [0.1, 0.15) is 5.75 Å². The molecule has 2 aromatic carbocycles. The van der Waals surface area contributed by atoms with Crippen LogP contribution >= 0.6 is 0 Å². The first-order chi connectivity index (χ1) is 9.76. The van der Waals surface area contributed by atoms with Crippen LogP contribution in [0, 0.1) is 0 Å². The average Bonchev–Trinajstić information content (AvgIpc) is 2.53. The Morgan fingerprint density at radius 2 is 1.85 bits per heavy atom. The lowest BCUT2D eigenvalue weighted by molar-refractivity contribution is 0.0986. The number of methoxy groups -OCH3 is 1. The largest absolute Gasteiger partial charge is 0.497 e. The van der Waals surface area contributed by atoms with Gasteiger partial charge < -0.3 is 9.64 Å². The van der Waals surface area contributed by atoms with Crippen molar-refractivity contribution in [1.82, 2.24) is 0 Å². The Bertz CT molecular complexity index is 566. The summed E-state index contributed by atoms with van der Waals surface area (Å²) in [6.07, 6.45) is 0.907. The highest BCUT2D eigenvalue weighted by Gasteiger charge is 2.17. The fraction of sp³-hybridized carbons (Fsp3) is 0.235. The first-order valence-corrected chi connectivity index (χ1v) is 6.77. The molecule has 104 valence electrons. The Balaban J connectivity index is 2.31. The number of para-hydroxylation sites is 1. The van der Waals surface area contributed by atoms with Crippen LogP contribution in [0.5, 0.6) is 5.75 Å². The van der Waals surface area contributed by atoms with Crippen LogP contribution in [-0.2, 0) is 0 Å². The zero-order chi connectivity index (χ0) is 14.4. The van der Waals surface area contributed by atoms with Crippen molar-refractivity contribution in [1.29, 1.82) is 0 Å². The van der Waals surface area contributed by atoms with E-state index < -0.39 is 0 Å². The molecule has 2 aromatic rings. The van der Waals surface area contributed by atoms with Crippen molar-refractivity contribution in [3.63, 3.8) is 0 Å². The van der Waals surface area contributed by atoms with Crippen LogP contribution in [-0.4, -0.2) is 19.6 Å². The second kappa shape index (κ2) is 6.75. The van der Waals surface area contributed by atoms with E-state index in [1.54, 1.807) is 18.1 Å². The highest BCUT2D eigenvalue weighted by atomic mass is 16.5. The van der Waals surface area contributed by atoms with Gasteiger partial charge in [-0.25, -0.2) is 0 Å². The number of rotatable bonds is 5. The van der Waals surface area contributed by atoms with Gasteiger partial charge in [0.2, 0.25) is 0 Å². The van der Waals surface area contributed by atoms with E-state index in [9.17, 15) is 4.79 Å². The Morgan fingerprint density at radius 3 is 2.50 bits per heavy atom. The summed E-state index contributed by atoms with van der Waals surface area (Å²) < 4.78 is 5.18. The third-order valence-corrected chi connectivity index (χ3v) is 3.08. The van der Waals surface area contributed by atoms with Gasteiger partial charge >= 0.3 is 0 Å². The maximum atomic E-state index is 12.7. The lowest BCUT2D eigenvalue weighted by Gasteiger charge is -2.22. The van der Waals surface area contributed by atoms with Crippen LogP contribution in [0.25, 0.3) is 0 Å². The fourth-order valence-corrected chi connectivity index (χ4v) is 2.09. The topological polar surface area (TPSA) is 29.5 Å². The number of ether oxygens (including phenoxy) is 1. The second-order valence-electron chi connectivity index (χ2n) is 4.52. The minimum atomic E-state index is -0.00282. The van der Waals surface area contributed by atoms with Gasteiger partial charge in [0, 0.05) is 17.8 Å². The van der Waals surface area contributed by atoms with Crippen molar-refractivity contribution in [2.75, 3.05) is 18.6 Å². The number of carbonyl (C=O) groups is 1. The van der Waals surface area contributed by atoms with E-state index in [-0.39, 0.29) is 5.91 Å². The Kier molecular flexibility index (Phi) is 4.77. The monoisotopic (exact) mass is 269 g/mol. The molecule has 0 saturated carbocycles. The molecule has 2 rings (SSSR count). The Labute approximate surface area is 119 Å². The van der Waals surface area contributed by atoms with Crippen LogP contribution < -0.4 is 9.64 Å². The zero-order valence-electron chi connectivity index (χ0n) is 11.9. The van der Waals surface area contributed by atoms with Gasteiger partial charge in [-0.2, -0.15) is 0 Å². The van der Waals surface area contributed by atoms with E-state index in [0.717, 1.165) is 12.1 Å². The van der Waals surface area contributed by atoms with Crippen molar-refractivity contribution in [3.8, 4) is 5.75 Å². The number of nitrogens with zero attached hydrogens (tertiary/aromatic N) is 1. The maximum Gasteiger partial charge on any atom is 0.258 e. The molecule has 0 unspecified atom stereocenters. The molecule has 0 spiro atoms. The summed E-state index contributed by atoms with van der Waals surface area (Å²) in [5.41, 5.74) is 1.56. The van der Waals surface area contributed by atoms with Crippen LogP contribution in [0.4, 0.5) is 5.69 Å². The lowest BCUT2D eigenvalue weighted by Crippen LogP contribution is -2.31. The number of hydrogen-bond donors (Lipinski definition) is 0. The van der Waals surface area contributed by atoms with Crippen molar-refractivity contribution < 1.29 is 9.53 Å². The molecule has 0 N–H and O–H groups in total. The molecule has 0 radical (unpaired) electrons. The molecular weight excluding hydrogens is 250 g/mol. The molecule has 0 aliphatic heterocycles. The molecule has 20 heavy (non-hydrogen) atoms. The summed E-state index contributed by atoms with van der Waals surface area (Å²) in [5.74, 6) is 0.692.